The number of phenolic OH excluding ortho intramolecular Hbond substituents is 1. The Labute approximate surface area is 137 Å². The Balaban J connectivity index is 1.80. The topological polar surface area (TPSA) is 52.6 Å². The van der Waals surface area contributed by atoms with Crippen LogP contribution in [0.15, 0.2) is 54.6 Å². The molecule has 0 heterocycles. The predicted octanol–water partition coefficient (Wildman–Crippen LogP) is 2.57. The van der Waals surface area contributed by atoms with E-state index in [2.05, 4.69) is 17.4 Å². The van der Waals surface area contributed by atoms with Crippen molar-refractivity contribution < 1.29 is 9.90 Å². The second-order valence-corrected chi connectivity index (χ2v) is 5.75. The molecule has 0 aliphatic heterocycles. The molecule has 23 heavy (non-hydrogen) atoms. The summed E-state index contributed by atoms with van der Waals surface area (Å²) in [6, 6.07) is 17.0. The van der Waals surface area contributed by atoms with Crippen molar-refractivity contribution in [2.45, 2.75) is 25.9 Å². The molecular weight excluding hydrogens is 288 g/mol. The van der Waals surface area contributed by atoms with Crippen molar-refractivity contribution in [3.05, 3.63) is 65.7 Å². The second-order valence-electron chi connectivity index (χ2n) is 5.75. The van der Waals surface area contributed by atoms with Crippen LogP contribution >= 0.6 is 0 Å². The standard InChI is InChI=1S/C19H24N2O2/c1-15(21(2)14-17-10-6-7-11-18(17)22)19(23)20-13-12-16-8-4-3-5-9-16/h3-11,15,22H,12-14H2,1-2H3,(H,20,23)/t15-/m1/s1. The largest absolute Gasteiger partial charge is 0.508 e. The Bertz CT molecular complexity index is 628. The zero-order valence-electron chi connectivity index (χ0n) is 13.7. The van der Waals surface area contributed by atoms with Gasteiger partial charge >= 0.3 is 0 Å². The summed E-state index contributed by atoms with van der Waals surface area (Å²) in [5.41, 5.74) is 2.03. The Kier molecular flexibility index (Phi) is 6.18. The van der Waals surface area contributed by atoms with Crippen molar-refractivity contribution >= 4 is 5.91 Å². The van der Waals surface area contributed by atoms with E-state index in [9.17, 15) is 9.90 Å². The first kappa shape index (κ1) is 17.0. The summed E-state index contributed by atoms with van der Waals surface area (Å²) in [6.45, 7) is 3.02. The van der Waals surface area contributed by atoms with Crippen LogP contribution in [0.25, 0.3) is 0 Å². The van der Waals surface area contributed by atoms with Gasteiger partial charge in [-0.3, -0.25) is 9.69 Å². The fourth-order valence-electron chi connectivity index (χ4n) is 2.37. The zero-order valence-corrected chi connectivity index (χ0v) is 13.7. The maximum Gasteiger partial charge on any atom is 0.237 e. The molecule has 0 spiro atoms. The van der Waals surface area contributed by atoms with E-state index in [0.717, 1.165) is 12.0 Å². The number of aromatic hydroxyl groups is 1. The summed E-state index contributed by atoms with van der Waals surface area (Å²) in [7, 11) is 1.88. The lowest BCUT2D eigenvalue weighted by molar-refractivity contribution is -0.125. The first-order valence-corrected chi connectivity index (χ1v) is 7.86. The fourth-order valence-corrected chi connectivity index (χ4v) is 2.37. The summed E-state index contributed by atoms with van der Waals surface area (Å²) in [5.74, 6) is 0.259. The average Bonchev–Trinajstić information content (AvgIpc) is 2.57. The van der Waals surface area contributed by atoms with E-state index in [0.29, 0.717) is 13.1 Å². The fraction of sp³-hybridized carbons (Fsp3) is 0.316. The highest BCUT2D eigenvalue weighted by Crippen LogP contribution is 2.18. The molecule has 4 nitrogen and oxygen atoms in total. The smallest absolute Gasteiger partial charge is 0.237 e. The Morgan fingerprint density at radius 3 is 2.48 bits per heavy atom. The first-order valence-electron chi connectivity index (χ1n) is 7.86. The molecular formula is C19H24N2O2. The van der Waals surface area contributed by atoms with Crippen LogP contribution in [0.4, 0.5) is 0 Å². The van der Waals surface area contributed by atoms with Gasteiger partial charge in [0.1, 0.15) is 5.75 Å². The number of para-hydroxylation sites is 1. The lowest BCUT2D eigenvalue weighted by atomic mass is 10.1. The minimum Gasteiger partial charge on any atom is -0.508 e. The molecule has 2 rings (SSSR count). The molecule has 0 aliphatic rings. The number of likely N-dealkylation sites (N-methyl/N-ethyl adjacent to an activating group) is 1. The summed E-state index contributed by atoms with van der Waals surface area (Å²) < 4.78 is 0. The molecule has 0 unspecified atom stereocenters. The molecule has 2 aromatic rings. The molecule has 0 saturated carbocycles. The first-order chi connectivity index (χ1) is 11.1. The SMILES string of the molecule is C[C@H](C(=O)NCCc1ccccc1)N(C)Cc1ccccc1O. The van der Waals surface area contributed by atoms with E-state index in [1.165, 1.54) is 5.56 Å². The Morgan fingerprint density at radius 2 is 1.78 bits per heavy atom. The molecule has 1 amide bonds. The predicted molar refractivity (Wildman–Crippen MR) is 92.2 cm³/mol. The van der Waals surface area contributed by atoms with Gasteiger partial charge in [-0.2, -0.15) is 0 Å². The van der Waals surface area contributed by atoms with Gasteiger partial charge in [-0.1, -0.05) is 48.5 Å². The number of benzene rings is 2. The van der Waals surface area contributed by atoms with Crippen molar-refractivity contribution in [1.82, 2.24) is 10.2 Å². The van der Waals surface area contributed by atoms with Gasteiger partial charge in [0, 0.05) is 18.7 Å². The van der Waals surface area contributed by atoms with Crippen LogP contribution < -0.4 is 5.32 Å². The van der Waals surface area contributed by atoms with Gasteiger partial charge in [0.25, 0.3) is 0 Å². The summed E-state index contributed by atoms with van der Waals surface area (Å²) >= 11 is 0. The van der Waals surface area contributed by atoms with E-state index in [1.807, 2.05) is 49.2 Å². The minimum atomic E-state index is -0.259. The number of hydrogen-bond acceptors (Lipinski definition) is 3. The van der Waals surface area contributed by atoms with E-state index >= 15 is 0 Å². The van der Waals surface area contributed by atoms with Crippen molar-refractivity contribution in [1.29, 1.82) is 0 Å². The highest BCUT2D eigenvalue weighted by molar-refractivity contribution is 5.81. The Hall–Kier alpha value is -2.33. The molecule has 2 N–H and O–H groups in total. The van der Waals surface area contributed by atoms with Crippen LogP contribution in [0.2, 0.25) is 0 Å². The number of amides is 1. The molecule has 0 aromatic heterocycles. The van der Waals surface area contributed by atoms with Gasteiger partial charge in [-0.15, -0.1) is 0 Å². The molecule has 2 aromatic carbocycles. The zero-order chi connectivity index (χ0) is 16.7. The molecule has 0 aliphatic carbocycles. The van der Waals surface area contributed by atoms with Crippen LogP contribution in [0.5, 0.6) is 5.75 Å². The monoisotopic (exact) mass is 312 g/mol. The maximum atomic E-state index is 12.2. The summed E-state index contributed by atoms with van der Waals surface area (Å²) in [6.07, 6.45) is 0.822. The molecule has 0 fully saturated rings. The van der Waals surface area contributed by atoms with Crippen molar-refractivity contribution in [3.63, 3.8) is 0 Å². The average molecular weight is 312 g/mol. The van der Waals surface area contributed by atoms with E-state index in [1.54, 1.807) is 12.1 Å². The number of phenols is 1. The highest BCUT2D eigenvalue weighted by Gasteiger charge is 2.18. The van der Waals surface area contributed by atoms with Crippen LogP contribution in [0, 0.1) is 0 Å². The third-order valence-corrected chi connectivity index (χ3v) is 4.01. The highest BCUT2D eigenvalue weighted by atomic mass is 16.3. The quantitative estimate of drug-likeness (QED) is 0.826. The molecule has 0 saturated heterocycles. The normalized spacial score (nSPS) is 12.1. The molecule has 4 heteroatoms. The van der Waals surface area contributed by atoms with Crippen LogP contribution in [-0.2, 0) is 17.8 Å². The van der Waals surface area contributed by atoms with Crippen LogP contribution in [0.3, 0.4) is 0 Å². The molecule has 122 valence electrons. The van der Waals surface area contributed by atoms with E-state index in [4.69, 9.17) is 0 Å². The van der Waals surface area contributed by atoms with Gasteiger partial charge in [-0.05, 0) is 32.0 Å². The minimum absolute atomic E-state index is 0.00106. The van der Waals surface area contributed by atoms with Gasteiger partial charge in [0.2, 0.25) is 5.91 Å². The number of nitrogens with one attached hydrogen (secondary N) is 1. The van der Waals surface area contributed by atoms with Crippen molar-refractivity contribution in [2.24, 2.45) is 0 Å². The third kappa shape index (κ3) is 5.11. The van der Waals surface area contributed by atoms with Gasteiger partial charge in [0.05, 0.1) is 6.04 Å². The lowest BCUT2D eigenvalue weighted by Crippen LogP contribution is -2.43. The number of rotatable bonds is 7. The van der Waals surface area contributed by atoms with Crippen LogP contribution in [-0.4, -0.2) is 35.5 Å². The van der Waals surface area contributed by atoms with E-state index < -0.39 is 0 Å². The van der Waals surface area contributed by atoms with Crippen LogP contribution in [0.1, 0.15) is 18.1 Å². The number of hydrogen-bond donors (Lipinski definition) is 2. The Morgan fingerprint density at radius 1 is 1.13 bits per heavy atom. The van der Waals surface area contributed by atoms with Gasteiger partial charge < -0.3 is 10.4 Å². The van der Waals surface area contributed by atoms with Crippen molar-refractivity contribution in [2.75, 3.05) is 13.6 Å². The molecule has 1 atom stereocenters. The summed E-state index contributed by atoms with van der Waals surface area (Å²) in [4.78, 5) is 14.2. The number of nitrogens with zero attached hydrogens (tertiary/aromatic N) is 1. The summed E-state index contributed by atoms with van der Waals surface area (Å²) in [5, 5.41) is 12.8. The molecule has 0 bridgehead atoms. The van der Waals surface area contributed by atoms with Crippen molar-refractivity contribution in [3.8, 4) is 5.75 Å². The second kappa shape index (κ2) is 8.34. The number of carbonyl (C=O) groups is 1. The third-order valence-electron chi connectivity index (χ3n) is 4.01. The van der Waals surface area contributed by atoms with Gasteiger partial charge in [0.15, 0.2) is 0 Å². The van der Waals surface area contributed by atoms with E-state index in [-0.39, 0.29) is 17.7 Å². The molecule has 0 radical (unpaired) electrons. The maximum absolute atomic E-state index is 12.2. The lowest BCUT2D eigenvalue weighted by Gasteiger charge is -2.24. The van der Waals surface area contributed by atoms with Gasteiger partial charge in [-0.25, -0.2) is 0 Å². The number of carbonyl (C=O) groups excluding carboxylic acids is 1.